The van der Waals surface area contributed by atoms with Crippen LogP contribution in [0, 0.1) is 0 Å². The quantitative estimate of drug-likeness (QED) is 0.477. The highest BCUT2D eigenvalue weighted by molar-refractivity contribution is 5.94. The second kappa shape index (κ2) is 8.21. The zero-order valence-corrected chi connectivity index (χ0v) is 15.0. The number of fused-ring (bicyclic) bond motifs is 2. The van der Waals surface area contributed by atoms with Crippen LogP contribution in [-0.4, -0.2) is 30.9 Å². The minimum atomic E-state index is -0.0263. The summed E-state index contributed by atoms with van der Waals surface area (Å²) in [5.41, 5.74) is 12.7. The summed E-state index contributed by atoms with van der Waals surface area (Å²) in [6, 6.07) is 11.2. The molecule has 3 aromatic rings. The number of aromatic nitrogens is 1. The first-order valence-electron chi connectivity index (χ1n) is 8.88. The van der Waals surface area contributed by atoms with Crippen molar-refractivity contribution in [2.24, 2.45) is 18.5 Å². The largest absolute Gasteiger partial charge is 0.494 e. The average molecular weight is 355 g/mol. The molecule has 0 spiro atoms. The van der Waals surface area contributed by atoms with E-state index in [-0.39, 0.29) is 5.43 Å². The van der Waals surface area contributed by atoms with E-state index in [0.29, 0.717) is 48.6 Å². The van der Waals surface area contributed by atoms with Crippen molar-refractivity contribution in [3.8, 4) is 11.5 Å². The van der Waals surface area contributed by atoms with Crippen molar-refractivity contribution in [2.75, 3.05) is 26.3 Å². The van der Waals surface area contributed by atoms with Gasteiger partial charge in [-0.25, -0.2) is 0 Å². The average Bonchev–Trinajstić information content (AvgIpc) is 2.66. The monoisotopic (exact) mass is 355 g/mol. The van der Waals surface area contributed by atoms with Gasteiger partial charge in [0.05, 0.1) is 24.2 Å². The Balaban J connectivity index is 2.05. The Bertz CT molecular complexity index is 892. The van der Waals surface area contributed by atoms with Crippen molar-refractivity contribution in [2.45, 2.75) is 12.8 Å². The summed E-state index contributed by atoms with van der Waals surface area (Å²) in [6.45, 7) is 2.23. The highest BCUT2D eigenvalue weighted by Crippen LogP contribution is 2.25. The van der Waals surface area contributed by atoms with Crippen LogP contribution in [-0.2, 0) is 7.05 Å². The van der Waals surface area contributed by atoms with E-state index in [1.165, 1.54) is 0 Å². The van der Waals surface area contributed by atoms with Gasteiger partial charge in [0, 0.05) is 17.8 Å². The van der Waals surface area contributed by atoms with Gasteiger partial charge in [-0.3, -0.25) is 4.79 Å². The number of aryl methyl sites for hydroxylation is 1. The molecule has 0 unspecified atom stereocenters. The number of ether oxygens (including phenoxy) is 2. The molecule has 0 aliphatic heterocycles. The molecule has 0 saturated heterocycles. The molecule has 0 aliphatic carbocycles. The number of hydrogen-bond acceptors (Lipinski definition) is 5. The van der Waals surface area contributed by atoms with E-state index in [1.54, 1.807) is 12.1 Å². The predicted octanol–water partition coefficient (Wildman–Crippen LogP) is 2.15. The lowest BCUT2D eigenvalue weighted by Gasteiger charge is -2.13. The summed E-state index contributed by atoms with van der Waals surface area (Å²) < 4.78 is 13.4. The van der Waals surface area contributed by atoms with Gasteiger partial charge >= 0.3 is 0 Å². The molecule has 3 rings (SSSR count). The third kappa shape index (κ3) is 3.66. The van der Waals surface area contributed by atoms with Crippen molar-refractivity contribution in [1.29, 1.82) is 0 Å². The molecule has 6 nitrogen and oxygen atoms in total. The Kier molecular flexibility index (Phi) is 5.75. The summed E-state index contributed by atoms with van der Waals surface area (Å²) in [6.07, 6.45) is 1.55. The van der Waals surface area contributed by atoms with Crippen LogP contribution in [0.2, 0.25) is 0 Å². The van der Waals surface area contributed by atoms with Crippen LogP contribution in [0.25, 0.3) is 21.8 Å². The van der Waals surface area contributed by atoms with Gasteiger partial charge in [-0.15, -0.1) is 0 Å². The van der Waals surface area contributed by atoms with E-state index in [0.717, 1.165) is 23.9 Å². The molecule has 1 heterocycles. The Morgan fingerprint density at radius 2 is 1.31 bits per heavy atom. The van der Waals surface area contributed by atoms with E-state index in [4.69, 9.17) is 20.9 Å². The van der Waals surface area contributed by atoms with Crippen LogP contribution in [0.15, 0.2) is 41.2 Å². The van der Waals surface area contributed by atoms with E-state index in [2.05, 4.69) is 0 Å². The topological polar surface area (TPSA) is 92.5 Å². The summed E-state index contributed by atoms with van der Waals surface area (Å²) >= 11 is 0. The molecule has 0 atom stereocenters. The molecule has 0 saturated carbocycles. The molecule has 26 heavy (non-hydrogen) atoms. The SMILES string of the molecule is Cn1c2ccc(OCCCN)cc2c(=O)c2cc(OCCCN)ccc21. The Labute approximate surface area is 152 Å². The number of nitrogens with two attached hydrogens (primary N) is 2. The fourth-order valence-corrected chi connectivity index (χ4v) is 2.98. The molecular formula is C20H25N3O3. The Hall–Kier alpha value is -2.57. The highest BCUT2D eigenvalue weighted by atomic mass is 16.5. The Morgan fingerprint density at radius 1 is 0.846 bits per heavy atom. The van der Waals surface area contributed by atoms with E-state index < -0.39 is 0 Å². The first-order valence-corrected chi connectivity index (χ1v) is 8.88. The second-order valence-electron chi connectivity index (χ2n) is 6.23. The van der Waals surface area contributed by atoms with Gasteiger partial charge in [0.15, 0.2) is 5.43 Å². The zero-order chi connectivity index (χ0) is 18.5. The minimum Gasteiger partial charge on any atom is -0.494 e. The molecule has 4 N–H and O–H groups in total. The van der Waals surface area contributed by atoms with Crippen molar-refractivity contribution in [3.63, 3.8) is 0 Å². The molecule has 6 heteroatoms. The van der Waals surface area contributed by atoms with Gasteiger partial charge < -0.3 is 25.5 Å². The van der Waals surface area contributed by atoms with Crippen molar-refractivity contribution >= 4 is 21.8 Å². The fraction of sp³-hybridized carbons (Fsp3) is 0.350. The van der Waals surface area contributed by atoms with Crippen molar-refractivity contribution in [3.05, 3.63) is 46.6 Å². The molecular weight excluding hydrogens is 330 g/mol. The van der Waals surface area contributed by atoms with Gasteiger partial charge in [-0.05, 0) is 62.3 Å². The van der Waals surface area contributed by atoms with Gasteiger partial charge in [0.25, 0.3) is 0 Å². The molecule has 2 aromatic carbocycles. The van der Waals surface area contributed by atoms with E-state index in [1.807, 2.05) is 35.9 Å². The predicted molar refractivity (Wildman–Crippen MR) is 105 cm³/mol. The van der Waals surface area contributed by atoms with Gasteiger partial charge in [-0.1, -0.05) is 0 Å². The summed E-state index contributed by atoms with van der Waals surface area (Å²) in [5, 5.41) is 1.26. The third-order valence-corrected chi connectivity index (χ3v) is 4.38. The maximum absolute atomic E-state index is 13.0. The molecule has 0 aliphatic rings. The van der Waals surface area contributed by atoms with Crippen LogP contribution in [0.5, 0.6) is 11.5 Å². The smallest absolute Gasteiger partial charge is 0.197 e. The molecule has 0 bridgehead atoms. The molecule has 0 fully saturated rings. The molecule has 0 radical (unpaired) electrons. The first kappa shape index (κ1) is 18.2. The molecule has 1 aromatic heterocycles. The number of nitrogens with zero attached hydrogens (tertiary/aromatic N) is 1. The standard InChI is InChI=1S/C20H25N3O3/c1-23-18-6-4-14(25-10-2-8-21)12-16(18)20(24)17-13-15(5-7-19(17)23)26-11-3-9-22/h4-7,12-13H,2-3,8-11,21-22H2,1H3. The lowest BCUT2D eigenvalue weighted by molar-refractivity contribution is 0.314. The van der Waals surface area contributed by atoms with E-state index in [9.17, 15) is 4.79 Å². The summed E-state index contributed by atoms with van der Waals surface area (Å²) in [5.74, 6) is 1.36. The van der Waals surface area contributed by atoms with Crippen LogP contribution < -0.4 is 26.4 Å². The molecule has 138 valence electrons. The summed E-state index contributed by atoms with van der Waals surface area (Å²) in [4.78, 5) is 13.0. The third-order valence-electron chi connectivity index (χ3n) is 4.38. The minimum absolute atomic E-state index is 0.0263. The fourth-order valence-electron chi connectivity index (χ4n) is 2.98. The number of hydrogen-bond donors (Lipinski definition) is 2. The van der Waals surface area contributed by atoms with E-state index >= 15 is 0 Å². The first-order chi connectivity index (χ1) is 12.7. The summed E-state index contributed by atoms with van der Waals surface area (Å²) in [7, 11) is 1.95. The van der Waals surface area contributed by atoms with Crippen molar-refractivity contribution < 1.29 is 9.47 Å². The highest BCUT2D eigenvalue weighted by Gasteiger charge is 2.11. The number of benzene rings is 2. The zero-order valence-electron chi connectivity index (χ0n) is 15.0. The lowest BCUT2D eigenvalue weighted by atomic mass is 10.1. The van der Waals surface area contributed by atoms with Crippen LogP contribution in [0.4, 0.5) is 0 Å². The maximum Gasteiger partial charge on any atom is 0.197 e. The Morgan fingerprint density at radius 3 is 1.73 bits per heavy atom. The lowest BCUT2D eigenvalue weighted by Crippen LogP contribution is -2.11. The van der Waals surface area contributed by atoms with Crippen LogP contribution >= 0.6 is 0 Å². The van der Waals surface area contributed by atoms with Gasteiger partial charge in [0.1, 0.15) is 11.5 Å². The van der Waals surface area contributed by atoms with Gasteiger partial charge in [-0.2, -0.15) is 0 Å². The molecule has 0 amide bonds. The number of rotatable bonds is 8. The van der Waals surface area contributed by atoms with Gasteiger partial charge in [0.2, 0.25) is 0 Å². The van der Waals surface area contributed by atoms with Crippen molar-refractivity contribution in [1.82, 2.24) is 4.57 Å². The maximum atomic E-state index is 13.0. The normalized spacial score (nSPS) is 11.2. The van der Waals surface area contributed by atoms with Crippen LogP contribution in [0.1, 0.15) is 12.8 Å². The number of pyridine rings is 1. The second-order valence-corrected chi connectivity index (χ2v) is 6.23. The van der Waals surface area contributed by atoms with Crippen LogP contribution in [0.3, 0.4) is 0 Å².